The van der Waals surface area contributed by atoms with Gasteiger partial charge in [0.2, 0.25) is 0 Å². The van der Waals surface area contributed by atoms with Crippen molar-refractivity contribution >= 4 is 51.2 Å². The second kappa shape index (κ2) is 79.6. The van der Waals surface area contributed by atoms with Crippen LogP contribution < -0.4 is 20.4 Å². The molecular formula is C72H132O12Pb. The molecule has 4 N–H and O–H groups in total. The molecular weight excluding hydrogens is 1260 g/mol. The molecule has 0 fully saturated rings. The van der Waals surface area contributed by atoms with E-state index in [1.165, 1.54) is 77.0 Å². The van der Waals surface area contributed by atoms with Gasteiger partial charge in [0.05, 0.1) is 24.4 Å². The standard InChI is InChI=1S/4C18H34O3.Pb/c4*1-2-3-4-11-14-17(19)15-12-9-7-5-6-8-10-13-16-18(20)21;/h4*9,12,17,19H,2-8,10-11,13-16H2,1H3,(H,20,21);/q;;;;+4/p-4/b4*12-9-;/t4*17-;/m1111./s1. The van der Waals surface area contributed by atoms with E-state index < -0.39 is 23.9 Å². The van der Waals surface area contributed by atoms with Gasteiger partial charge in [0, 0.05) is 23.9 Å². The first-order valence-corrected chi connectivity index (χ1v) is 34.8. The van der Waals surface area contributed by atoms with E-state index in [4.69, 9.17) is 0 Å². The van der Waals surface area contributed by atoms with Gasteiger partial charge in [-0.05, 0) is 154 Å². The Balaban J connectivity index is -0.000000333. The normalized spacial score (nSPS) is 12.7. The molecule has 0 aliphatic heterocycles. The molecule has 0 amide bonds. The molecule has 0 saturated heterocycles. The summed E-state index contributed by atoms with van der Waals surface area (Å²) < 4.78 is 0. The fourth-order valence-electron chi connectivity index (χ4n) is 9.43. The van der Waals surface area contributed by atoms with Crippen molar-refractivity contribution < 1.29 is 60.0 Å². The zero-order valence-corrected chi connectivity index (χ0v) is 59.1. The van der Waals surface area contributed by atoms with Gasteiger partial charge in [-0.15, -0.1) is 0 Å². The third kappa shape index (κ3) is 95.4. The summed E-state index contributed by atoms with van der Waals surface area (Å²) in [5.41, 5.74) is 0. The van der Waals surface area contributed by atoms with E-state index in [9.17, 15) is 60.0 Å². The topological polar surface area (TPSA) is 241 Å². The number of carbonyl (C=O) groups excluding carboxylic acids is 4. The number of rotatable bonds is 60. The first kappa shape index (κ1) is 91.3. The summed E-state index contributed by atoms with van der Waals surface area (Å²) in [6, 6.07) is 0. The Bertz CT molecular complexity index is 1270. The number of hydrogen-bond acceptors (Lipinski definition) is 12. The molecule has 13 heteroatoms. The van der Waals surface area contributed by atoms with Crippen LogP contribution in [0.1, 0.15) is 362 Å². The zero-order chi connectivity index (χ0) is 63.0. The van der Waals surface area contributed by atoms with Gasteiger partial charge in [-0.1, -0.05) is 256 Å². The van der Waals surface area contributed by atoms with Gasteiger partial charge in [-0.2, -0.15) is 0 Å². The Morgan fingerprint density at radius 3 is 0.600 bits per heavy atom. The number of carboxylic acids is 4. The quantitative estimate of drug-likeness (QED) is 0.0253. The van der Waals surface area contributed by atoms with E-state index in [-0.39, 0.29) is 77.4 Å². The Kier molecular flexibility index (Phi) is 85.5. The Labute approximate surface area is 542 Å². The summed E-state index contributed by atoms with van der Waals surface area (Å²) in [7, 11) is 0. The minimum atomic E-state index is -0.939. The minimum Gasteiger partial charge on any atom is -0.550 e. The van der Waals surface area contributed by atoms with E-state index in [1.807, 2.05) is 0 Å². The molecule has 0 aromatic rings. The van der Waals surface area contributed by atoms with Crippen LogP contribution in [0.2, 0.25) is 0 Å². The van der Waals surface area contributed by atoms with Crippen LogP contribution in [0.5, 0.6) is 0 Å². The third-order valence-corrected chi connectivity index (χ3v) is 14.9. The molecule has 0 saturated carbocycles. The Morgan fingerprint density at radius 2 is 0.424 bits per heavy atom. The summed E-state index contributed by atoms with van der Waals surface area (Å²) in [6.45, 7) is 8.79. The number of unbranched alkanes of at least 4 members (excludes halogenated alkanes) is 32. The second-order valence-electron chi connectivity index (χ2n) is 23.6. The van der Waals surface area contributed by atoms with Crippen LogP contribution in [0, 0.1) is 0 Å². The molecule has 0 spiro atoms. The maximum atomic E-state index is 10.2. The second-order valence-corrected chi connectivity index (χ2v) is 23.6. The van der Waals surface area contributed by atoms with Crippen molar-refractivity contribution in [1.82, 2.24) is 0 Å². The third-order valence-electron chi connectivity index (χ3n) is 14.9. The summed E-state index contributed by atoms with van der Waals surface area (Å²) >= 11 is 0. The summed E-state index contributed by atoms with van der Waals surface area (Å²) in [4.78, 5) is 40.9. The number of aliphatic hydroxyl groups excluding tert-OH is 4. The van der Waals surface area contributed by atoms with Gasteiger partial charge in [0.25, 0.3) is 0 Å². The molecule has 4 atom stereocenters. The molecule has 0 aliphatic rings. The molecule has 0 bridgehead atoms. The van der Waals surface area contributed by atoms with Gasteiger partial charge in [0.15, 0.2) is 0 Å². The molecule has 0 radical (unpaired) electrons. The van der Waals surface area contributed by atoms with Crippen molar-refractivity contribution in [3.05, 3.63) is 48.6 Å². The van der Waals surface area contributed by atoms with Crippen LogP contribution in [-0.2, 0) is 19.2 Å². The van der Waals surface area contributed by atoms with Gasteiger partial charge in [-0.3, -0.25) is 0 Å². The SMILES string of the molecule is CCCCCC[C@@H](O)C/C=C\CCCCCCCC(=O)[O-].CCCCCC[C@@H](O)C/C=C\CCCCCCCC(=O)[O-].CCCCCC[C@@H](O)C/C=C\CCCCCCCC(=O)[O-].CCCCCC[C@@H](O)C/C=C\CCCCCCCC(=O)[O-].[Pb+4]. The van der Waals surface area contributed by atoms with Gasteiger partial charge < -0.3 is 60.0 Å². The van der Waals surface area contributed by atoms with Crippen molar-refractivity contribution in [2.75, 3.05) is 0 Å². The first-order chi connectivity index (χ1) is 40.7. The van der Waals surface area contributed by atoms with Crippen molar-refractivity contribution in [3.63, 3.8) is 0 Å². The van der Waals surface area contributed by atoms with Crippen LogP contribution in [0.3, 0.4) is 0 Å². The summed E-state index contributed by atoms with van der Waals surface area (Å²) in [5.74, 6) is -3.75. The molecule has 496 valence electrons. The smallest absolute Gasteiger partial charge is 0.550 e. The summed E-state index contributed by atoms with van der Waals surface area (Å²) in [6.07, 6.45) is 68.1. The molecule has 12 nitrogen and oxygen atoms in total. The molecule has 0 rings (SSSR count). The molecule has 0 aromatic heterocycles. The first-order valence-electron chi connectivity index (χ1n) is 34.8. The van der Waals surface area contributed by atoms with Crippen molar-refractivity contribution in [3.8, 4) is 0 Å². The van der Waals surface area contributed by atoms with Crippen LogP contribution in [0.15, 0.2) is 48.6 Å². The van der Waals surface area contributed by atoms with E-state index in [2.05, 4.69) is 76.3 Å². The minimum absolute atomic E-state index is 0. The Hall–Kier alpha value is -2.40. The van der Waals surface area contributed by atoms with E-state index >= 15 is 0 Å². The largest absolute Gasteiger partial charge is 4.00 e. The Morgan fingerprint density at radius 1 is 0.259 bits per heavy atom. The van der Waals surface area contributed by atoms with Gasteiger partial charge in [0.1, 0.15) is 0 Å². The van der Waals surface area contributed by atoms with Crippen LogP contribution in [0.25, 0.3) is 0 Å². The average molecular weight is 1400 g/mol. The maximum Gasteiger partial charge on any atom is 4.00 e. The molecule has 0 heterocycles. The zero-order valence-electron chi connectivity index (χ0n) is 55.3. The number of aliphatic hydroxyl groups is 4. The van der Waals surface area contributed by atoms with Gasteiger partial charge >= 0.3 is 27.3 Å². The van der Waals surface area contributed by atoms with E-state index in [1.54, 1.807) is 0 Å². The average Bonchev–Trinajstić information content (AvgIpc) is 3.45. The fourth-order valence-corrected chi connectivity index (χ4v) is 9.43. The predicted molar refractivity (Wildman–Crippen MR) is 349 cm³/mol. The molecule has 0 aliphatic carbocycles. The predicted octanol–water partition coefficient (Wildman–Crippen LogP) is 14.6. The van der Waals surface area contributed by atoms with Crippen LogP contribution in [0.4, 0.5) is 0 Å². The monoisotopic (exact) mass is 1400 g/mol. The van der Waals surface area contributed by atoms with E-state index in [0.717, 1.165) is 231 Å². The molecule has 85 heavy (non-hydrogen) atoms. The van der Waals surface area contributed by atoms with Crippen LogP contribution in [-0.4, -0.2) is 96.0 Å². The molecule has 0 aromatic carbocycles. The maximum absolute atomic E-state index is 10.2. The van der Waals surface area contributed by atoms with Crippen molar-refractivity contribution in [2.45, 2.75) is 386 Å². The van der Waals surface area contributed by atoms with Gasteiger partial charge in [-0.25, -0.2) is 0 Å². The molecule has 0 unspecified atom stereocenters. The van der Waals surface area contributed by atoms with E-state index in [0.29, 0.717) is 0 Å². The summed E-state index contributed by atoms with van der Waals surface area (Å²) in [5, 5.41) is 80.0. The number of allylic oxidation sites excluding steroid dienone is 4. The number of hydrogen-bond donors (Lipinski definition) is 4. The van der Waals surface area contributed by atoms with Crippen LogP contribution >= 0.6 is 0 Å². The van der Waals surface area contributed by atoms with Crippen molar-refractivity contribution in [2.24, 2.45) is 0 Å². The van der Waals surface area contributed by atoms with Crippen molar-refractivity contribution in [1.29, 1.82) is 0 Å². The number of carboxylic acid groups (broad SMARTS) is 4. The number of carbonyl (C=O) groups is 4. The fraction of sp³-hybridized carbons (Fsp3) is 0.833. The number of aliphatic carboxylic acids is 4.